The maximum atomic E-state index is 12.6. The standard InChI is InChI=1S/C18H27N3O4S/c1-20(2)11-12-21(16-9-13-26(24,25)14-16)18(23)17(22)19-10-8-15-6-4-3-5-7-15/h3-7,16H,8-14H2,1-2H3,(H,19,22). The summed E-state index contributed by atoms with van der Waals surface area (Å²) < 4.78 is 23.5. The number of amides is 2. The maximum absolute atomic E-state index is 12.6. The highest BCUT2D eigenvalue weighted by molar-refractivity contribution is 7.91. The number of sulfone groups is 1. The number of nitrogens with zero attached hydrogens (tertiary/aromatic N) is 2. The molecule has 1 unspecified atom stereocenters. The first kappa shape index (κ1) is 20.4. The van der Waals surface area contributed by atoms with Gasteiger partial charge in [-0.3, -0.25) is 9.59 Å². The average molecular weight is 381 g/mol. The first-order valence-corrected chi connectivity index (χ1v) is 10.6. The van der Waals surface area contributed by atoms with Crippen molar-refractivity contribution in [3.8, 4) is 0 Å². The van der Waals surface area contributed by atoms with E-state index in [2.05, 4.69) is 5.32 Å². The first-order chi connectivity index (χ1) is 12.3. The van der Waals surface area contributed by atoms with Crippen LogP contribution in [0.1, 0.15) is 12.0 Å². The van der Waals surface area contributed by atoms with Gasteiger partial charge in [-0.25, -0.2) is 8.42 Å². The minimum Gasteiger partial charge on any atom is -0.347 e. The maximum Gasteiger partial charge on any atom is 0.312 e. The van der Waals surface area contributed by atoms with Crippen LogP contribution in [0.4, 0.5) is 0 Å². The van der Waals surface area contributed by atoms with Crippen molar-refractivity contribution in [2.75, 3.05) is 45.2 Å². The fraction of sp³-hybridized carbons (Fsp3) is 0.556. The normalized spacial score (nSPS) is 18.7. The molecule has 7 nitrogen and oxygen atoms in total. The van der Waals surface area contributed by atoms with Crippen LogP contribution in [0.15, 0.2) is 30.3 Å². The van der Waals surface area contributed by atoms with Crippen molar-refractivity contribution in [2.45, 2.75) is 18.9 Å². The van der Waals surface area contributed by atoms with Crippen molar-refractivity contribution < 1.29 is 18.0 Å². The number of likely N-dealkylation sites (N-methyl/N-ethyl adjacent to an activating group) is 1. The third-order valence-corrected chi connectivity index (χ3v) is 6.18. The molecule has 0 aliphatic carbocycles. The number of nitrogens with one attached hydrogen (secondary N) is 1. The SMILES string of the molecule is CN(C)CCN(C(=O)C(=O)NCCc1ccccc1)C1CCS(=O)(=O)C1. The van der Waals surface area contributed by atoms with Crippen LogP contribution < -0.4 is 5.32 Å². The molecule has 2 amide bonds. The number of carbonyl (C=O) groups is 2. The van der Waals surface area contributed by atoms with Gasteiger partial charge >= 0.3 is 11.8 Å². The summed E-state index contributed by atoms with van der Waals surface area (Å²) in [5, 5.41) is 2.65. The lowest BCUT2D eigenvalue weighted by molar-refractivity contribution is -0.147. The van der Waals surface area contributed by atoms with Gasteiger partial charge in [-0.15, -0.1) is 0 Å². The van der Waals surface area contributed by atoms with E-state index < -0.39 is 27.7 Å². The van der Waals surface area contributed by atoms with Gasteiger partial charge in [0, 0.05) is 25.7 Å². The monoisotopic (exact) mass is 381 g/mol. The molecule has 0 spiro atoms. The lowest BCUT2D eigenvalue weighted by Gasteiger charge is -2.28. The van der Waals surface area contributed by atoms with E-state index in [1.54, 1.807) is 0 Å². The summed E-state index contributed by atoms with van der Waals surface area (Å²) in [5.41, 5.74) is 1.08. The molecule has 0 radical (unpaired) electrons. The van der Waals surface area contributed by atoms with Crippen molar-refractivity contribution in [1.29, 1.82) is 0 Å². The Kier molecular flexibility index (Phi) is 7.16. The highest BCUT2D eigenvalue weighted by atomic mass is 32.2. The van der Waals surface area contributed by atoms with Crippen LogP contribution in [0.25, 0.3) is 0 Å². The number of carbonyl (C=O) groups excluding carboxylic acids is 2. The Morgan fingerprint density at radius 2 is 1.85 bits per heavy atom. The summed E-state index contributed by atoms with van der Waals surface area (Å²) in [6, 6.07) is 9.26. The number of benzene rings is 1. The van der Waals surface area contributed by atoms with Crippen LogP contribution in [-0.2, 0) is 25.8 Å². The summed E-state index contributed by atoms with van der Waals surface area (Å²) in [6.45, 7) is 1.26. The predicted octanol–water partition coefficient (Wildman–Crippen LogP) is -0.0774. The first-order valence-electron chi connectivity index (χ1n) is 8.76. The van der Waals surface area contributed by atoms with Crippen molar-refractivity contribution in [3.63, 3.8) is 0 Å². The van der Waals surface area contributed by atoms with Gasteiger partial charge < -0.3 is 15.1 Å². The van der Waals surface area contributed by atoms with E-state index >= 15 is 0 Å². The summed E-state index contributed by atoms with van der Waals surface area (Å²) in [7, 11) is 0.608. The second kappa shape index (κ2) is 9.14. The third kappa shape index (κ3) is 6.10. The molecule has 8 heteroatoms. The van der Waals surface area contributed by atoms with E-state index in [4.69, 9.17) is 0 Å². The van der Waals surface area contributed by atoms with Gasteiger partial charge in [0.2, 0.25) is 0 Å². The lowest BCUT2D eigenvalue weighted by atomic mass is 10.1. The van der Waals surface area contributed by atoms with E-state index in [1.165, 1.54) is 4.90 Å². The van der Waals surface area contributed by atoms with Gasteiger partial charge in [0.25, 0.3) is 0 Å². The Hall–Kier alpha value is -1.93. The van der Waals surface area contributed by atoms with E-state index in [0.717, 1.165) is 5.56 Å². The fourth-order valence-corrected chi connectivity index (χ4v) is 4.68. The topological polar surface area (TPSA) is 86.8 Å². The molecule has 1 saturated heterocycles. The second-order valence-electron chi connectivity index (χ2n) is 6.85. The Morgan fingerprint density at radius 1 is 1.15 bits per heavy atom. The van der Waals surface area contributed by atoms with Crippen LogP contribution in [0.2, 0.25) is 0 Å². The van der Waals surface area contributed by atoms with E-state index in [0.29, 0.717) is 32.5 Å². The highest BCUT2D eigenvalue weighted by Gasteiger charge is 2.36. The van der Waals surface area contributed by atoms with Gasteiger partial charge in [-0.1, -0.05) is 30.3 Å². The Balaban J connectivity index is 1.94. The molecule has 1 aromatic rings. The summed E-state index contributed by atoms with van der Waals surface area (Å²) in [6.07, 6.45) is 1.02. The van der Waals surface area contributed by atoms with Crippen LogP contribution in [0, 0.1) is 0 Å². The highest BCUT2D eigenvalue weighted by Crippen LogP contribution is 2.18. The zero-order chi connectivity index (χ0) is 19.2. The van der Waals surface area contributed by atoms with E-state index in [1.807, 2.05) is 49.3 Å². The molecule has 144 valence electrons. The summed E-state index contributed by atoms with van der Waals surface area (Å²) in [5.74, 6) is -1.33. The summed E-state index contributed by atoms with van der Waals surface area (Å²) in [4.78, 5) is 28.2. The molecule has 0 saturated carbocycles. The Bertz CT molecular complexity index is 719. The van der Waals surface area contributed by atoms with E-state index in [9.17, 15) is 18.0 Å². The molecular weight excluding hydrogens is 354 g/mol. The molecule has 1 N–H and O–H groups in total. The predicted molar refractivity (Wildman–Crippen MR) is 100 cm³/mol. The molecule has 0 aromatic heterocycles. The molecular formula is C18H27N3O4S. The molecule has 1 heterocycles. The van der Waals surface area contributed by atoms with Gasteiger partial charge in [0.15, 0.2) is 9.84 Å². The molecule has 2 rings (SSSR count). The summed E-state index contributed by atoms with van der Waals surface area (Å²) >= 11 is 0. The average Bonchev–Trinajstić information content (AvgIpc) is 2.95. The quantitative estimate of drug-likeness (QED) is 0.668. The number of rotatable bonds is 7. The molecule has 1 fully saturated rings. The molecule has 1 aromatic carbocycles. The van der Waals surface area contributed by atoms with Crippen LogP contribution in [0.5, 0.6) is 0 Å². The van der Waals surface area contributed by atoms with Gasteiger partial charge in [0.05, 0.1) is 11.5 Å². The Labute approximate surface area is 155 Å². The smallest absolute Gasteiger partial charge is 0.312 e. The molecule has 1 aliphatic rings. The third-order valence-electron chi connectivity index (χ3n) is 4.43. The molecule has 26 heavy (non-hydrogen) atoms. The van der Waals surface area contributed by atoms with Crippen LogP contribution in [-0.4, -0.2) is 81.3 Å². The molecule has 1 aliphatic heterocycles. The van der Waals surface area contributed by atoms with Crippen LogP contribution in [0.3, 0.4) is 0 Å². The zero-order valence-electron chi connectivity index (χ0n) is 15.3. The lowest BCUT2D eigenvalue weighted by Crippen LogP contribution is -2.50. The minimum atomic E-state index is -3.13. The van der Waals surface area contributed by atoms with Gasteiger partial charge in [-0.05, 0) is 32.5 Å². The molecule has 0 bridgehead atoms. The zero-order valence-corrected chi connectivity index (χ0v) is 16.2. The van der Waals surface area contributed by atoms with Crippen molar-refractivity contribution in [1.82, 2.24) is 15.1 Å². The second-order valence-corrected chi connectivity index (χ2v) is 9.08. The van der Waals surface area contributed by atoms with Crippen LogP contribution >= 0.6 is 0 Å². The minimum absolute atomic E-state index is 0.0660. The van der Waals surface area contributed by atoms with E-state index in [-0.39, 0.29) is 11.5 Å². The Morgan fingerprint density at radius 3 is 2.42 bits per heavy atom. The largest absolute Gasteiger partial charge is 0.347 e. The van der Waals surface area contributed by atoms with Crippen molar-refractivity contribution in [2.24, 2.45) is 0 Å². The van der Waals surface area contributed by atoms with Crippen molar-refractivity contribution >= 4 is 21.7 Å². The van der Waals surface area contributed by atoms with Crippen molar-refractivity contribution in [3.05, 3.63) is 35.9 Å². The van der Waals surface area contributed by atoms with Gasteiger partial charge in [-0.2, -0.15) is 0 Å². The molecule has 1 atom stereocenters. The fourth-order valence-electron chi connectivity index (χ4n) is 2.95. The van der Waals surface area contributed by atoms with Gasteiger partial charge in [0.1, 0.15) is 0 Å². The number of hydrogen-bond donors (Lipinski definition) is 1. The number of hydrogen-bond acceptors (Lipinski definition) is 5.